The highest BCUT2D eigenvalue weighted by atomic mass is 19.1. The van der Waals surface area contributed by atoms with Gasteiger partial charge in [-0.15, -0.1) is 0 Å². The second-order valence-electron chi connectivity index (χ2n) is 10.5. The summed E-state index contributed by atoms with van der Waals surface area (Å²) in [6.07, 6.45) is 4.14. The molecule has 5 nitrogen and oxygen atoms in total. The van der Waals surface area contributed by atoms with Crippen molar-refractivity contribution in [2.45, 2.75) is 51.9 Å². The number of Topliss-reactive ketones (excluding diaryl/α,β-unsaturated/α-hetero) is 2. The summed E-state index contributed by atoms with van der Waals surface area (Å²) in [6, 6.07) is 17.4. The summed E-state index contributed by atoms with van der Waals surface area (Å²) in [4.78, 5) is 30.9. The Hall–Kier alpha value is -4.32. The van der Waals surface area contributed by atoms with Crippen LogP contribution in [0.3, 0.4) is 0 Å². The van der Waals surface area contributed by atoms with Crippen molar-refractivity contribution in [2.75, 3.05) is 0 Å². The number of aryl methyl sites for hydroxylation is 2. The number of hydrogen-bond donors (Lipinski definition) is 0. The third-order valence-electron chi connectivity index (χ3n) is 7.69. The van der Waals surface area contributed by atoms with E-state index in [-0.39, 0.29) is 22.8 Å². The number of carbonyl (C=O) groups excluding carboxylic acids is 2. The van der Waals surface area contributed by atoms with Crippen LogP contribution in [-0.2, 0) is 5.41 Å². The summed E-state index contributed by atoms with van der Waals surface area (Å²) >= 11 is 0. The minimum absolute atomic E-state index is 0.0504. The minimum Gasteiger partial charge on any atom is -0.455 e. The van der Waals surface area contributed by atoms with E-state index in [2.05, 4.69) is 4.98 Å². The molecule has 6 heteroatoms. The summed E-state index contributed by atoms with van der Waals surface area (Å²) in [5.74, 6) is 1.48. The summed E-state index contributed by atoms with van der Waals surface area (Å²) in [7, 11) is 0. The van der Waals surface area contributed by atoms with Gasteiger partial charge in [-0.3, -0.25) is 9.59 Å². The van der Waals surface area contributed by atoms with Crippen LogP contribution < -0.4 is 0 Å². The Balaban J connectivity index is 1.38. The number of furan rings is 1. The molecule has 0 unspecified atom stereocenters. The highest BCUT2D eigenvalue weighted by molar-refractivity contribution is 6.12. The standard InChI is InChI=1S/C33H28FNO4/c1-4-27(36)30-26-15-22(9-12-29(26)39-31(30)21-7-10-24(34)11-8-21)25-16-23(6-5-19(25)2)28(37)17-33(13-14-33)32-35-18-20(3)38-32/h5-12,15-16,18H,4,13-14,17H2,1-3H3. The number of oxazole rings is 1. The molecule has 0 N–H and O–H groups in total. The van der Waals surface area contributed by atoms with Crippen molar-refractivity contribution >= 4 is 22.5 Å². The topological polar surface area (TPSA) is 73.3 Å². The molecule has 0 bridgehead atoms. The first kappa shape index (κ1) is 25.0. The van der Waals surface area contributed by atoms with Gasteiger partial charge in [-0.25, -0.2) is 9.37 Å². The third-order valence-corrected chi connectivity index (χ3v) is 7.69. The fourth-order valence-electron chi connectivity index (χ4n) is 5.26. The molecule has 196 valence electrons. The van der Waals surface area contributed by atoms with E-state index in [1.807, 2.05) is 57.2 Å². The van der Waals surface area contributed by atoms with Gasteiger partial charge < -0.3 is 8.83 Å². The summed E-state index contributed by atoms with van der Waals surface area (Å²) in [5, 5.41) is 0.700. The van der Waals surface area contributed by atoms with Gasteiger partial charge in [0.25, 0.3) is 0 Å². The number of benzene rings is 3. The fraction of sp³-hybridized carbons (Fsp3) is 0.242. The van der Waals surface area contributed by atoms with Crippen molar-refractivity contribution in [3.8, 4) is 22.5 Å². The molecule has 1 saturated carbocycles. The number of carbonyl (C=O) groups is 2. The Labute approximate surface area is 225 Å². The largest absolute Gasteiger partial charge is 0.455 e. The molecule has 0 atom stereocenters. The van der Waals surface area contributed by atoms with Crippen molar-refractivity contribution in [3.63, 3.8) is 0 Å². The average molecular weight is 522 g/mol. The normalized spacial score (nSPS) is 14.1. The minimum atomic E-state index is -0.353. The molecular formula is C33H28FNO4. The molecule has 0 amide bonds. The van der Waals surface area contributed by atoms with Gasteiger partial charge in [0.2, 0.25) is 5.89 Å². The van der Waals surface area contributed by atoms with E-state index >= 15 is 0 Å². The van der Waals surface area contributed by atoms with Gasteiger partial charge in [-0.1, -0.05) is 25.1 Å². The number of ketones is 2. The lowest BCUT2D eigenvalue weighted by atomic mass is 9.91. The predicted octanol–water partition coefficient (Wildman–Crippen LogP) is 8.41. The monoisotopic (exact) mass is 521 g/mol. The van der Waals surface area contributed by atoms with Crippen LogP contribution in [0.2, 0.25) is 0 Å². The first-order valence-corrected chi connectivity index (χ1v) is 13.2. The summed E-state index contributed by atoms with van der Waals surface area (Å²) in [5.41, 5.74) is 4.85. The molecule has 39 heavy (non-hydrogen) atoms. The Bertz CT molecular complexity index is 1740. The lowest BCUT2D eigenvalue weighted by Gasteiger charge is -2.13. The molecule has 1 aliphatic rings. The Morgan fingerprint density at radius 1 is 0.923 bits per heavy atom. The molecule has 1 aliphatic carbocycles. The van der Waals surface area contributed by atoms with Gasteiger partial charge in [0.1, 0.15) is 22.9 Å². The third kappa shape index (κ3) is 4.50. The van der Waals surface area contributed by atoms with Crippen molar-refractivity contribution in [1.29, 1.82) is 0 Å². The molecule has 5 aromatic rings. The van der Waals surface area contributed by atoms with Gasteiger partial charge in [-0.05, 0) is 85.8 Å². The zero-order valence-electron chi connectivity index (χ0n) is 22.1. The predicted molar refractivity (Wildman–Crippen MR) is 148 cm³/mol. The molecule has 1 fully saturated rings. The fourth-order valence-corrected chi connectivity index (χ4v) is 5.26. The van der Waals surface area contributed by atoms with Gasteiger partial charge in [0.15, 0.2) is 11.6 Å². The van der Waals surface area contributed by atoms with Crippen LogP contribution in [0.1, 0.15) is 70.5 Å². The first-order valence-electron chi connectivity index (χ1n) is 13.2. The van der Waals surface area contributed by atoms with E-state index in [4.69, 9.17) is 8.83 Å². The van der Waals surface area contributed by atoms with Crippen molar-refractivity contribution in [3.05, 3.63) is 101 Å². The molecule has 0 radical (unpaired) electrons. The highest BCUT2D eigenvalue weighted by Crippen LogP contribution is 2.51. The summed E-state index contributed by atoms with van der Waals surface area (Å²) in [6.45, 7) is 5.67. The number of hydrogen-bond acceptors (Lipinski definition) is 5. The maximum Gasteiger partial charge on any atom is 0.201 e. The van der Waals surface area contributed by atoms with E-state index in [9.17, 15) is 14.0 Å². The van der Waals surface area contributed by atoms with Gasteiger partial charge in [0.05, 0.1) is 17.2 Å². The average Bonchev–Trinajstić information content (AvgIpc) is 3.40. The number of fused-ring (bicyclic) bond motifs is 1. The van der Waals surface area contributed by atoms with Crippen molar-refractivity contribution in [2.24, 2.45) is 0 Å². The van der Waals surface area contributed by atoms with Gasteiger partial charge in [-0.2, -0.15) is 0 Å². The zero-order valence-corrected chi connectivity index (χ0v) is 22.1. The van der Waals surface area contributed by atoms with Crippen LogP contribution in [0.15, 0.2) is 75.7 Å². The molecule has 0 aliphatic heterocycles. The Kier molecular flexibility index (Phi) is 6.06. The number of aromatic nitrogens is 1. The molecule has 0 spiro atoms. The van der Waals surface area contributed by atoms with Crippen LogP contribution in [0.5, 0.6) is 0 Å². The molecule has 0 saturated heterocycles. The van der Waals surface area contributed by atoms with Crippen LogP contribution in [-0.4, -0.2) is 16.6 Å². The number of rotatable bonds is 8. The maximum absolute atomic E-state index is 13.6. The molecular weight excluding hydrogens is 493 g/mol. The van der Waals surface area contributed by atoms with E-state index < -0.39 is 0 Å². The van der Waals surface area contributed by atoms with E-state index in [0.717, 1.165) is 35.3 Å². The second-order valence-corrected chi connectivity index (χ2v) is 10.5. The SMILES string of the molecule is CCC(=O)c1c(-c2ccc(F)cc2)oc2ccc(-c3cc(C(=O)CC4(c5ncc(C)o5)CC4)ccc3C)cc12. The van der Waals surface area contributed by atoms with Crippen molar-refractivity contribution < 1.29 is 22.8 Å². The lowest BCUT2D eigenvalue weighted by Crippen LogP contribution is -2.14. The van der Waals surface area contributed by atoms with Gasteiger partial charge >= 0.3 is 0 Å². The van der Waals surface area contributed by atoms with Crippen molar-refractivity contribution in [1.82, 2.24) is 4.98 Å². The summed E-state index contributed by atoms with van der Waals surface area (Å²) < 4.78 is 25.4. The first-order chi connectivity index (χ1) is 18.8. The second kappa shape index (κ2) is 9.45. The highest BCUT2D eigenvalue weighted by Gasteiger charge is 2.50. The smallest absolute Gasteiger partial charge is 0.201 e. The molecule has 2 heterocycles. The Morgan fingerprint density at radius 2 is 1.67 bits per heavy atom. The molecule has 6 rings (SSSR count). The van der Waals surface area contributed by atoms with Crippen LogP contribution >= 0.6 is 0 Å². The van der Waals surface area contributed by atoms with E-state index in [1.165, 1.54) is 12.1 Å². The zero-order chi connectivity index (χ0) is 27.3. The molecule has 2 aromatic heterocycles. The van der Waals surface area contributed by atoms with Gasteiger partial charge in [0, 0.05) is 29.4 Å². The maximum atomic E-state index is 13.6. The van der Waals surface area contributed by atoms with E-state index in [0.29, 0.717) is 52.2 Å². The molecule has 3 aromatic carbocycles. The number of halogens is 1. The lowest BCUT2D eigenvalue weighted by molar-refractivity contribution is 0.0962. The van der Waals surface area contributed by atoms with Crippen LogP contribution in [0.4, 0.5) is 4.39 Å². The van der Waals surface area contributed by atoms with Crippen LogP contribution in [0.25, 0.3) is 33.4 Å². The van der Waals surface area contributed by atoms with E-state index in [1.54, 1.807) is 18.3 Å². The quantitative estimate of drug-likeness (QED) is 0.192. The number of nitrogens with zero attached hydrogens (tertiary/aromatic N) is 1. The Morgan fingerprint density at radius 3 is 2.33 bits per heavy atom. The van der Waals surface area contributed by atoms with Crippen LogP contribution in [0, 0.1) is 19.7 Å².